The van der Waals surface area contributed by atoms with Crippen LogP contribution >= 0.6 is 35.7 Å². The van der Waals surface area contributed by atoms with Gasteiger partial charge in [-0.2, -0.15) is 0 Å². The molecular formula is C17H29IN4S. The van der Waals surface area contributed by atoms with Crippen molar-refractivity contribution >= 4 is 41.7 Å². The van der Waals surface area contributed by atoms with E-state index in [9.17, 15) is 0 Å². The molecule has 1 aliphatic rings. The van der Waals surface area contributed by atoms with E-state index in [-0.39, 0.29) is 24.0 Å². The highest BCUT2D eigenvalue weighted by Crippen LogP contribution is 2.16. The van der Waals surface area contributed by atoms with Gasteiger partial charge in [0.1, 0.15) is 0 Å². The molecular weight excluding hydrogens is 419 g/mol. The number of hydrogen-bond donors (Lipinski definition) is 2. The van der Waals surface area contributed by atoms with Crippen molar-refractivity contribution in [3.8, 4) is 0 Å². The first-order chi connectivity index (χ1) is 10.8. The third-order valence-corrected chi connectivity index (χ3v) is 5.02. The molecule has 1 unspecified atom stereocenters. The molecule has 0 radical (unpaired) electrons. The minimum Gasteiger partial charge on any atom is -0.356 e. The SMILES string of the molecule is CCN1CCC(CNC(=NC)NCCSc2ccccc2)C1.I. The maximum atomic E-state index is 4.30. The van der Waals surface area contributed by atoms with Gasteiger partial charge in [-0.15, -0.1) is 35.7 Å². The fourth-order valence-corrected chi connectivity index (χ4v) is 3.47. The summed E-state index contributed by atoms with van der Waals surface area (Å²) in [6.07, 6.45) is 1.29. The standard InChI is InChI=1S/C17H28N4S.HI/c1-3-21-11-9-15(14-21)13-20-17(18-2)19-10-12-22-16-7-5-4-6-8-16;/h4-8,15H,3,9-14H2,1-2H3,(H2,18,19,20);1H. The maximum Gasteiger partial charge on any atom is 0.191 e. The summed E-state index contributed by atoms with van der Waals surface area (Å²) in [5.74, 6) is 2.71. The molecule has 2 rings (SSSR count). The Morgan fingerprint density at radius 3 is 2.74 bits per heavy atom. The van der Waals surface area contributed by atoms with Gasteiger partial charge in [-0.05, 0) is 37.6 Å². The van der Waals surface area contributed by atoms with Gasteiger partial charge in [0.25, 0.3) is 0 Å². The van der Waals surface area contributed by atoms with Crippen LogP contribution in [0.15, 0.2) is 40.2 Å². The average Bonchev–Trinajstić information content (AvgIpc) is 3.03. The number of guanidine groups is 1. The molecule has 1 saturated heterocycles. The van der Waals surface area contributed by atoms with Crippen molar-refractivity contribution in [3.05, 3.63) is 30.3 Å². The van der Waals surface area contributed by atoms with Crippen LogP contribution in [0.4, 0.5) is 0 Å². The molecule has 0 spiro atoms. The van der Waals surface area contributed by atoms with Crippen molar-refractivity contribution in [3.63, 3.8) is 0 Å². The average molecular weight is 448 g/mol. The van der Waals surface area contributed by atoms with Crippen LogP contribution in [0.2, 0.25) is 0 Å². The molecule has 0 aromatic heterocycles. The summed E-state index contributed by atoms with van der Waals surface area (Å²) in [5.41, 5.74) is 0. The van der Waals surface area contributed by atoms with Crippen LogP contribution in [0.25, 0.3) is 0 Å². The van der Waals surface area contributed by atoms with Gasteiger partial charge in [0, 0.05) is 37.3 Å². The molecule has 0 bridgehead atoms. The van der Waals surface area contributed by atoms with E-state index in [0.29, 0.717) is 0 Å². The Morgan fingerprint density at radius 1 is 1.30 bits per heavy atom. The van der Waals surface area contributed by atoms with Crippen LogP contribution in [0, 0.1) is 5.92 Å². The maximum absolute atomic E-state index is 4.30. The highest BCUT2D eigenvalue weighted by Gasteiger charge is 2.20. The molecule has 6 heteroatoms. The minimum absolute atomic E-state index is 0. The first-order valence-electron chi connectivity index (χ1n) is 8.16. The largest absolute Gasteiger partial charge is 0.356 e. The summed E-state index contributed by atoms with van der Waals surface area (Å²) < 4.78 is 0. The summed E-state index contributed by atoms with van der Waals surface area (Å²) in [4.78, 5) is 8.13. The summed E-state index contributed by atoms with van der Waals surface area (Å²) >= 11 is 1.87. The minimum atomic E-state index is 0. The molecule has 1 atom stereocenters. The van der Waals surface area contributed by atoms with Crippen LogP contribution < -0.4 is 10.6 Å². The number of aliphatic imine (C=N–C) groups is 1. The monoisotopic (exact) mass is 448 g/mol. The van der Waals surface area contributed by atoms with Gasteiger partial charge in [0.05, 0.1) is 0 Å². The van der Waals surface area contributed by atoms with Gasteiger partial charge < -0.3 is 15.5 Å². The van der Waals surface area contributed by atoms with Crippen LogP contribution in [0.5, 0.6) is 0 Å². The highest BCUT2D eigenvalue weighted by atomic mass is 127. The van der Waals surface area contributed by atoms with E-state index >= 15 is 0 Å². The van der Waals surface area contributed by atoms with E-state index in [0.717, 1.165) is 30.7 Å². The van der Waals surface area contributed by atoms with E-state index in [2.05, 4.69) is 57.8 Å². The Hall–Kier alpha value is -0.470. The van der Waals surface area contributed by atoms with E-state index in [1.165, 1.54) is 31.0 Å². The van der Waals surface area contributed by atoms with Gasteiger partial charge >= 0.3 is 0 Å². The zero-order valence-electron chi connectivity index (χ0n) is 14.1. The molecule has 2 N–H and O–H groups in total. The fraction of sp³-hybridized carbons (Fsp3) is 0.588. The third kappa shape index (κ3) is 7.76. The van der Waals surface area contributed by atoms with Gasteiger partial charge in [0.2, 0.25) is 0 Å². The van der Waals surface area contributed by atoms with Gasteiger partial charge in [0.15, 0.2) is 5.96 Å². The molecule has 1 heterocycles. The molecule has 1 fully saturated rings. The summed E-state index contributed by atoms with van der Waals surface area (Å²) in [5, 5.41) is 6.85. The summed E-state index contributed by atoms with van der Waals surface area (Å²) in [7, 11) is 1.84. The van der Waals surface area contributed by atoms with Crippen molar-refractivity contribution in [2.45, 2.75) is 18.2 Å². The van der Waals surface area contributed by atoms with E-state index in [1.54, 1.807) is 0 Å². The second kappa shape index (κ2) is 12.0. The Labute approximate surface area is 161 Å². The smallest absolute Gasteiger partial charge is 0.191 e. The first-order valence-corrected chi connectivity index (χ1v) is 9.15. The van der Waals surface area contributed by atoms with E-state index in [4.69, 9.17) is 0 Å². The Kier molecular flexibility index (Phi) is 10.7. The van der Waals surface area contributed by atoms with Crippen molar-refractivity contribution in [2.24, 2.45) is 10.9 Å². The van der Waals surface area contributed by atoms with Gasteiger partial charge in [-0.25, -0.2) is 0 Å². The van der Waals surface area contributed by atoms with Gasteiger partial charge in [-0.3, -0.25) is 4.99 Å². The van der Waals surface area contributed by atoms with Crippen molar-refractivity contribution in [2.75, 3.05) is 45.5 Å². The predicted octanol–water partition coefficient (Wildman–Crippen LogP) is 2.90. The molecule has 0 amide bonds. The second-order valence-corrected chi connectivity index (χ2v) is 6.76. The number of halogens is 1. The third-order valence-electron chi connectivity index (χ3n) is 4.01. The molecule has 23 heavy (non-hydrogen) atoms. The molecule has 1 aromatic carbocycles. The lowest BCUT2D eigenvalue weighted by molar-refractivity contribution is 0.342. The number of benzene rings is 1. The Morgan fingerprint density at radius 2 is 2.09 bits per heavy atom. The highest BCUT2D eigenvalue weighted by molar-refractivity contribution is 14.0. The number of thioether (sulfide) groups is 1. The topological polar surface area (TPSA) is 39.7 Å². The van der Waals surface area contributed by atoms with Crippen molar-refractivity contribution in [1.82, 2.24) is 15.5 Å². The number of likely N-dealkylation sites (tertiary alicyclic amines) is 1. The quantitative estimate of drug-likeness (QED) is 0.221. The Balaban J connectivity index is 0.00000264. The normalized spacial score (nSPS) is 18.5. The molecule has 0 aliphatic carbocycles. The lowest BCUT2D eigenvalue weighted by Gasteiger charge is -2.16. The lowest BCUT2D eigenvalue weighted by atomic mass is 10.1. The van der Waals surface area contributed by atoms with Crippen molar-refractivity contribution in [1.29, 1.82) is 0 Å². The van der Waals surface area contributed by atoms with Crippen LogP contribution in [-0.4, -0.2) is 56.4 Å². The molecule has 0 saturated carbocycles. The Bertz CT molecular complexity index is 455. The second-order valence-electron chi connectivity index (χ2n) is 5.59. The zero-order valence-corrected chi connectivity index (χ0v) is 17.3. The number of nitrogens with one attached hydrogen (secondary N) is 2. The molecule has 1 aromatic rings. The molecule has 1 aliphatic heterocycles. The zero-order chi connectivity index (χ0) is 15.6. The predicted molar refractivity (Wildman–Crippen MR) is 112 cm³/mol. The number of hydrogen-bond acceptors (Lipinski definition) is 3. The molecule has 4 nitrogen and oxygen atoms in total. The molecule has 130 valence electrons. The first kappa shape index (κ1) is 20.6. The van der Waals surface area contributed by atoms with E-state index in [1.807, 2.05) is 18.8 Å². The summed E-state index contributed by atoms with van der Waals surface area (Å²) in [6, 6.07) is 10.5. The van der Waals surface area contributed by atoms with Gasteiger partial charge in [-0.1, -0.05) is 25.1 Å². The van der Waals surface area contributed by atoms with Crippen LogP contribution in [0.1, 0.15) is 13.3 Å². The van der Waals surface area contributed by atoms with Crippen molar-refractivity contribution < 1.29 is 0 Å². The van der Waals surface area contributed by atoms with Crippen LogP contribution in [0.3, 0.4) is 0 Å². The lowest BCUT2D eigenvalue weighted by Crippen LogP contribution is -2.41. The summed E-state index contributed by atoms with van der Waals surface area (Å²) in [6.45, 7) is 7.79. The van der Waals surface area contributed by atoms with E-state index < -0.39 is 0 Å². The number of rotatable bonds is 7. The number of nitrogens with zero attached hydrogens (tertiary/aromatic N) is 2. The van der Waals surface area contributed by atoms with Crippen LogP contribution in [-0.2, 0) is 0 Å². The fourth-order valence-electron chi connectivity index (χ4n) is 2.68.